The molecule has 1 amide bonds. The summed E-state index contributed by atoms with van der Waals surface area (Å²) in [4.78, 5) is 13.9. The van der Waals surface area contributed by atoms with Gasteiger partial charge in [0.25, 0.3) is 0 Å². The number of amides is 1. The van der Waals surface area contributed by atoms with Crippen molar-refractivity contribution in [3.8, 4) is 11.5 Å². The van der Waals surface area contributed by atoms with Gasteiger partial charge in [0.1, 0.15) is 6.61 Å². The highest BCUT2D eigenvalue weighted by Gasteiger charge is 2.24. The fourth-order valence-corrected chi connectivity index (χ4v) is 2.30. The van der Waals surface area contributed by atoms with E-state index in [2.05, 4.69) is 0 Å². The third-order valence-electron chi connectivity index (χ3n) is 3.50. The Bertz CT molecular complexity index is 475. The van der Waals surface area contributed by atoms with E-state index in [0.29, 0.717) is 32.5 Å². The number of hydrogen-bond acceptors (Lipinski definition) is 4. The van der Waals surface area contributed by atoms with Crippen molar-refractivity contribution in [1.29, 1.82) is 0 Å². The molecule has 116 valence electrons. The van der Waals surface area contributed by atoms with E-state index in [1.54, 1.807) is 11.8 Å². The molecule has 2 atom stereocenters. The Labute approximate surface area is 125 Å². The van der Waals surface area contributed by atoms with Crippen LogP contribution in [-0.4, -0.2) is 47.8 Å². The molecule has 1 aromatic rings. The maximum Gasteiger partial charge on any atom is 0.222 e. The number of ether oxygens (including phenoxy) is 2. The number of carbonyl (C=O) groups is 1. The highest BCUT2D eigenvalue weighted by molar-refractivity contribution is 5.76. The maximum atomic E-state index is 12.1. The molecule has 1 aromatic carbocycles. The second kappa shape index (κ2) is 7.31. The second-order valence-electron chi connectivity index (χ2n) is 5.32. The van der Waals surface area contributed by atoms with Gasteiger partial charge >= 0.3 is 0 Å². The van der Waals surface area contributed by atoms with Gasteiger partial charge in [-0.1, -0.05) is 12.1 Å². The molecule has 0 bridgehead atoms. The Hall–Kier alpha value is -1.75. The number of rotatable bonds is 6. The van der Waals surface area contributed by atoms with E-state index < -0.39 is 6.10 Å². The Morgan fingerprint density at radius 3 is 2.81 bits per heavy atom. The lowest BCUT2D eigenvalue weighted by molar-refractivity contribution is -0.133. The van der Waals surface area contributed by atoms with Crippen molar-refractivity contribution in [1.82, 2.24) is 4.90 Å². The van der Waals surface area contributed by atoms with E-state index >= 15 is 0 Å². The van der Waals surface area contributed by atoms with Crippen LogP contribution in [0, 0.1) is 0 Å². The Kier molecular flexibility index (Phi) is 5.44. The van der Waals surface area contributed by atoms with Crippen molar-refractivity contribution < 1.29 is 19.4 Å². The number of nitrogens with zero attached hydrogens (tertiary/aromatic N) is 1. The number of benzene rings is 1. The Morgan fingerprint density at radius 2 is 2.14 bits per heavy atom. The van der Waals surface area contributed by atoms with E-state index in [9.17, 15) is 9.90 Å². The maximum absolute atomic E-state index is 12.1. The van der Waals surface area contributed by atoms with E-state index in [-0.39, 0.29) is 12.0 Å². The predicted octanol–water partition coefficient (Wildman–Crippen LogP) is 1.84. The van der Waals surface area contributed by atoms with Gasteiger partial charge in [-0.05, 0) is 32.4 Å². The van der Waals surface area contributed by atoms with Crippen LogP contribution in [0.25, 0.3) is 0 Å². The molecule has 0 aliphatic carbocycles. The van der Waals surface area contributed by atoms with Crippen LogP contribution in [0.5, 0.6) is 11.5 Å². The number of aliphatic hydroxyl groups is 1. The lowest BCUT2D eigenvalue weighted by Crippen LogP contribution is -2.43. The fourth-order valence-electron chi connectivity index (χ4n) is 2.30. The third-order valence-corrected chi connectivity index (χ3v) is 3.50. The summed E-state index contributed by atoms with van der Waals surface area (Å²) in [5, 5.41) is 9.27. The van der Waals surface area contributed by atoms with Gasteiger partial charge in [0, 0.05) is 13.0 Å². The summed E-state index contributed by atoms with van der Waals surface area (Å²) in [5.74, 6) is 1.51. The molecule has 5 nitrogen and oxygen atoms in total. The summed E-state index contributed by atoms with van der Waals surface area (Å²) in [6.45, 7) is 5.21. The molecule has 21 heavy (non-hydrogen) atoms. The monoisotopic (exact) mass is 293 g/mol. The van der Waals surface area contributed by atoms with Gasteiger partial charge in [-0.3, -0.25) is 4.79 Å². The molecule has 1 heterocycles. The average molecular weight is 293 g/mol. The highest BCUT2D eigenvalue weighted by atomic mass is 16.6. The molecular formula is C16H23NO4. The minimum atomic E-state index is -0.450. The van der Waals surface area contributed by atoms with Gasteiger partial charge in [0.15, 0.2) is 17.6 Å². The lowest BCUT2D eigenvalue weighted by Gasteiger charge is -2.31. The summed E-state index contributed by atoms with van der Waals surface area (Å²) in [6.07, 6.45) is 0.236. The SMILES string of the molecule is CCN(CC1COc2ccccc2O1)C(=O)CCC(C)O. The number of likely N-dealkylation sites (N-methyl/N-ethyl adjacent to an activating group) is 1. The highest BCUT2D eigenvalue weighted by Crippen LogP contribution is 2.31. The topological polar surface area (TPSA) is 59.0 Å². The van der Waals surface area contributed by atoms with E-state index in [1.165, 1.54) is 0 Å². The van der Waals surface area contributed by atoms with Crippen LogP contribution < -0.4 is 9.47 Å². The molecule has 0 saturated heterocycles. The minimum Gasteiger partial charge on any atom is -0.486 e. The number of para-hydroxylation sites is 2. The smallest absolute Gasteiger partial charge is 0.222 e. The van der Waals surface area contributed by atoms with Crippen LogP contribution in [0.15, 0.2) is 24.3 Å². The van der Waals surface area contributed by atoms with Crippen LogP contribution in [0.3, 0.4) is 0 Å². The molecule has 2 unspecified atom stereocenters. The van der Waals surface area contributed by atoms with Crippen LogP contribution >= 0.6 is 0 Å². The van der Waals surface area contributed by atoms with Crippen LogP contribution in [0.4, 0.5) is 0 Å². The van der Waals surface area contributed by atoms with Gasteiger partial charge in [0.05, 0.1) is 12.6 Å². The molecule has 1 aliphatic heterocycles. The molecule has 0 spiro atoms. The molecule has 1 N–H and O–H groups in total. The Balaban J connectivity index is 1.89. The summed E-state index contributed by atoms with van der Waals surface area (Å²) < 4.78 is 11.5. The van der Waals surface area contributed by atoms with Crippen molar-refractivity contribution in [3.63, 3.8) is 0 Å². The lowest BCUT2D eigenvalue weighted by atomic mass is 10.2. The van der Waals surface area contributed by atoms with E-state index in [1.807, 2.05) is 31.2 Å². The summed E-state index contributed by atoms with van der Waals surface area (Å²) in [5.41, 5.74) is 0. The molecule has 0 radical (unpaired) electrons. The molecule has 0 aromatic heterocycles. The van der Waals surface area contributed by atoms with Crippen molar-refractivity contribution in [2.24, 2.45) is 0 Å². The van der Waals surface area contributed by atoms with Gasteiger partial charge in [0.2, 0.25) is 5.91 Å². The van der Waals surface area contributed by atoms with Crippen LogP contribution in [0.1, 0.15) is 26.7 Å². The van der Waals surface area contributed by atoms with Crippen LogP contribution in [0.2, 0.25) is 0 Å². The first-order chi connectivity index (χ1) is 10.1. The van der Waals surface area contributed by atoms with Crippen molar-refractivity contribution in [2.75, 3.05) is 19.7 Å². The zero-order chi connectivity index (χ0) is 15.2. The van der Waals surface area contributed by atoms with Gasteiger partial charge in [-0.15, -0.1) is 0 Å². The summed E-state index contributed by atoms with van der Waals surface area (Å²) >= 11 is 0. The zero-order valence-corrected chi connectivity index (χ0v) is 12.6. The van der Waals surface area contributed by atoms with E-state index in [0.717, 1.165) is 11.5 Å². The predicted molar refractivity (Wildman–Crippen MR) is 79.5 cm³/mol. The standard InChI is InChI=1S/C16H23NO4/c1-3-17(16(19)9-8-12(2)18)10-13-11-20-14-6-4-5-7-15(14)21-13/h4-7,12-13,18H,3,8-11H2,1-2H3. The molecule has 5 heteroatoms. The average Bonchev–Trinajstić information content (AvgIpc) is 2.50. The number of aliphatic hydroxyl groups excluding tert-OH is 1. The molecule has 1 aliphatic rings. The molecule has 0 saturated carbocycles. The largest absolute Gasteiger partial charge is 0.486 e. The zero-order valence-electron chi connectivity index (χ0n) is 12.6. The Morgan fingerprint density at radius 1 is 1.43 bits per heavy atom. The molecular weight excluding hydrogens is 270 g/mol. The molecule has 0 fully saturated rings. The normalized spacial score (nSPS) is 18.1. The van der Waals surface area contributed by atoms with Crippen molar-refractivity contribution in [3.05, 3.63) is 24.3 Å². The van der Waals surface area contributed by atoms with Crippen molar-refractivity contribution in [2.45, 2.75) is 38.9 Å². The quantitative estimate of drug-likeness (QED) is 0.869. The van der Waals surface area contributed by atoms with E-state index in [4.69, 9.17) is 9.47 Å². The number of carbonyl (C=O) groups excluding carboxylic acids is 1. The first kappa shape index (κ1) is 15.6. The number of fused-ring (bicyclic) bond motifs is 1. The fraction of sp³-hybridized carbons (Fsp3) is 0.562. The van der Waals surface area contributed by atoms with Gasteiger partial charge in [-0.25, -0.2) is 0 Å². The van der Waals surface area contributed by atoms with Gasteiger partial charge < -0.3 is 19.5 Å². The van der Waals surface area contributed by atoms with Gasteiger partial charge in [-0.2, -0.15) is 0 Å². The first-order valence-electron chi connectivity index (χ1n) is 7.44. The number of hydrogen-bond donors (Lipinski definition) is 1. The first-order valence-corrected chi connectivity index (χ1v) is 7.44. The summed E-state index contributed by atoms with van der Waals surface area (Å²) in [6, 6.07) is 7.54. The van der Waals surface area contributed by atoms with Crippen molar-refractivity contribution >= 4 is 5.91 Å². The summed E-state index contributed by atoms with van der Waals surface area (Å²) in [7, 11) is 0. The third kappa shape index (κ3) is 4.36. The minimum absolute atomic E-state index is 0.0425. The van der Waals surface area contributed by atoms with Crippen LogP contribution in [-0.2, 0) is 4.79 Å². The molecule has 2 rings (SSSR count). The second-order valence-corrected chi connectivity index (χ2v) is 5.32.